The van der Waals surface area contributed by atoms with E-state index < -0.39 is 0 Å². The summed E-state index contributed by atoms with van der Waals surface area (Å²) in [5.74, 6) is -0.212. The van der Waals surface area contributed by atoms with Gasteiger partial charge in [-0.15, -0.1) is 0 Å². The van der Waals surface area contributed by atoms with Crippen molar-refractivity contribution in [3.63, 3.8) is 0 Å². The van der Waals surface area contributed by atoms with Crippen LogP contribution in [-0.4, -0.2) is 20.7 Å². The standard InChI is InChI=1S/C22H17ClN4O/c23-20-13-17(11-12-24-20)22(28)25-14-18-15-27(19-9-5-2-6-10-19)26-21(18)16-7-3-1-4-8-16/h1-13,15H,14H2,(H,25,28). The van der Waals surface area contributed by atoms with Crippen molar-refractivity contribution >= 4 is 17.5 Å². The summed E-state index contributed by atoms with van der Waals surface area (Å²) in [7, 11) is 0. The fraction of sp³-hybridized carbons (Fsp3) is 0.0455. The van der Waals surface area contributed by atoms with Crippen LogP contribution in [0.3, 0.4) is 0 Å². The molecular formula is C22H17ClN4O. The molecule has 1 amide bonds. The zero-order valence-electron chi connectivity index (χ0n) is 14.9. The van der Waals surface area contributed by atoms with E-state index >= 15 is 0 Å². The lowest BCUT2D eigenvalue weighted by atomic mass is 10.1. The number of para-hydroxylation sites is 1. The number of carbonyl (C=O) groups is 1. The molecule has 2 heterocycles. The maximum absolute atomic E-state index is 12.5. The molecule has 0 aliphatic heterocycles. The third kappa shape index (κ3) is 3.94. The predicted octanol–water partition coefficient (Wildman–Crippen LogP) is 4.52. The molecule has 0 spiro atoms. The second-order valence-corrected chi connectivity index (χ2v) is 6.59. The molecule has 2 aromatic carbocycles. The van der Waals surface area contributed by atoms with E-state index in [9.17, 15) is 4.79 Å². The van der Waals surface area contributed by atoms with E-state index in [1.807, 2.05) is 71.5 Å². The van der Waals surface area contributed by atoms with Crippen LogP contribution in [0.1, 0.15) is 15.9 Å². The Hall–Kier alpha value is -3.44. The summed E-state index contributed by atoms with van der Waals surface area (Å²) in [5.41, 5.74) is 4.17. The first-order valence-electron chi connectivity index (χ1n) is 8.80. The Morgan fingerprint density at radius 1 is 1.00 bits per heavy atom. The van der Waals surface area contributed by atoms with Gasteiger partial charge in [0.25, 0.3) is 5.91 Å². The molecule has 0 aliphatic rings. The van der Waals surface area contributed by atoms with Crippen molar-refractivity contribution < 1.29 is 4.79 Å². The van der Waals surface area contributed by atoms with Crippen molar-refractivity contribution in [1.82, 2.24) is 20.1 Å². The molecule has 0 aliphatic carbocycles. The number of amides is 1. The van der Waals surface area contributed by atoms with Crippen LogP contribution in [0.4, 0.5) is 0 Å². The lowest BCUT2D eigenvalue weighted by Crippen LogP contribution is -2.22. The number of rotatable bonds is 5. The highest BCUT2D eigenvalue weighted by Gasteiger charge is 2.14. The molecule has 6 heteroatoms. The van der Waals surface area contributed by atoms with Crippen molar-refractivity contribution in [1.29, 1.82) is 0 Å². The Morgan fingerprint density at radius 2 is 1.71 bits per heavy atom. The smallest absolute Gasteiger partial charge is 0.251 e. The fourth-order valence-corrected chi connectivity index (χ4v) is 3.09. The number of carbonyl (C=O) groups excluding carboxylic acids is 1. The minimum atomic E-state index is -0.212. The molecule has 5 nitrogen and oxygen atoms in total. The van der Waals surface area contributed by atoms with E-state index in [1.54, 1.807) is 12.1 Å². The molecule has 4 rings (SSSR count). The van der Waals surface area contributed by atoms with Crippen molar-refractivity contribution in [2.24, 2.45) is 0 Å². The van der Waals surface area contributed by atoms with Gasteiger partial charge in [-0.2, -0.15) is 5.10 Å². The van der Waals surface area contributed by atoms with Crippen molar-refractivity contribution in [3.8, 4) is 16.9 Å². The number of benzene rings is 2. The third-order valence-corrected chi connectivity index (χ3v) is 4.49. The molecule has 0 fully saturated rings. The van der Waals surface area contributed by atoms with Gasteiger partial charge >= 0.3 is 0 Å². The van der Waals surface area contributed by atoms with E-state index in [4.69, 9.17) is 16.7 Å². The Kier molecular flexibility index (Phi) is 5.17. The summed E-state index contributed by atoms with van der Waals surface area (Å²) in [5, 5.41) is 7.98. The molecule has 0 saturated heterocycles. The highest BCUT2D eigenvalue weighted by atomic mass is 35.5. The monoisotopic (exact) mass is 388 g/mol. The van der Waals surface area contributed by atoms with Gasteiger partial charge in [-0.3, -0.25) is 4.79 Å². The van der Waals surface area contributed by atoms with E-state index in [2.05, 4.69) is 10.3 Å². The number of pyridine rings is 1. The van der Waals surface area contributed by atoms with Crippen LogP contribution in [0.2, 0.25) is 5.15 Å². The molecule has 138 valence electrons. The fourth-order valence-electron chi connectivity index (χ4n) is 2.91. The van der Waals surface area contributed by atoms with E-state index in [-0.39, 0.29) is 11.1 Å². The first-order valence-corrected chi connectivity index (χ1v) is 9.17. The SMILES string of the molecule is O=C(NCc1cn(-c2ccccc2)nc1-c1ccccc1)c1ccnc(Cl)c1. The van der Waals surface area contributed by atoms with Crippen molar-refractivity contribution in [2.45, 2.75) is 6.54 Å². The lowest BCUT2D eigenvalue weighted by Gasteiger charge is -2.06. The zero-order chi connectivity index (χ0) is 19.3. The van der Waals surface area contributed by atoms with Crippen LogP contribution in [0.25, 0.3) is 16.9 Å². The van der Waals surface area contributed by atoms with E-state index in [0.29, 0.717) is 12.1 Å². The number of nitrogens with one attached hydrogen (secondary N) is 1. The maximum Gasteiger partial charge on any atom is 0.251 e. The number of aromatic nitrogens is 3. The van der Waals surface area contributed by atoms with Gasteiger partial charge < -0.3 is 5.32 Å². The topological polar surface area (TPSA) is 59.8 Å². The largest absolute Gasteiger partial charge is 0.348 e. The van der Waals surface area contributed by atoms with Crippen LogP contribution < -0.4 is 5.32 Å². The van der Waals surface area contributed by atoms with Gasteiger partial charge in [-0.05, 0) is 24.3 Å². The predicted molar refractivity (Wildman–Crippen MR) is 109 cm³/mol. The van der Waals surface area contributed by atoms with Gasteiger partial charge in [-0.25, -0.2) is 9.67 Å². The van der Waals surface area contributed by atoms with Gasteiger partial charge in [0.15, 0.2) is 0 Å². The first-order chi connectivity index (χ1) is 13.7. The van der Waals surface area contributed by atoms with Gasteiger partial charge in [0.05, 0.1) is 11.4 Å². The Bertz CT molecular complexity index is 1090. The summed E-state index contributed by atoms with van der Waals surface area (Å²) in [6, 6.07) is 23.0. The number of nitrogens with zero attached hydrogens (tertiary/aromatic N) is 3. The van der Waals surface area contributed by atoms with Crippen LogP contribution in [0.15, 0.2) is 85.2 Å². The molecule has 0 saturated carbocycles. The molecule has 4 aromatic rings. The number of hydrogen-bond acceptors (Lipinski definition) is 3. The van der Waals surface area contributed by atoms with Gasteiger partial charge in [-0.1, -0.05) is 60.1 Å². The Morgan fingerprint density at radius 3 is 2.43 bits per heavy atom. The van der Waals surface area contributed by atoms with Crippen molar-refractivity contribution in [3.05, 3.63) is 101 Å². The lowest BCUT2D eigenvalue weighted by molar-refractivity contribution is 0.0951. The summed E-state index contributed by atoms with van der Waals surface area (Å²) >= 11 is 5.88. The highest BCUT2D eigenvalue weighted by molar-refractivity contribution is 6.29. The molecule has 0 unspecified atom stereocenters. The summed E-state index contributed by atoms with van der Waals surface area (Å²) < 4.78 is 1.83. The Balaban J connectivity index is 1.63. The molecule has 0 bridgehead atoms. The van der Waals surface area contributed by atoms with Crippen molar-refractivity contribution in [2.75, 3.05) is 0 Å². The van der Waals surface area contributed by atoms with Crippen LogP contribution in [0.5, 0.6) is 0 Å². The molecule has 28 heavy (non-hydrogen) atoms. The second kappa shape index (κ2) is 8.06. The van der Waals surface area contributed by atoms with Gasteiger partial charge in [0.1, 0.15) is 5.15 Å². The zero-order valence-corrected chi connectivity index (χ0v) is 15.7. The number of halogens is 1. The normalized spacial score (nSPS) is 10.6. The molecular weight excluding hydrogens is 372 g/mol. The molecule has 2 aromatic heterocycles. The molecule has 0 atom stereocenters. The highest BCUT2D eigenvalue weighted by Crippen LogP contribution is 2.23. The number of hydrogen-bond donors (Lipinski definition) is 1. The van der Waals surface area contributed by atoms with Crippen LogP contribution in [0, 0.1) is 0 Å². The average molecular weight is 389 g/mol. The van der Waals surface area contributed by atoms with Crippen LogP contribution in [-0.2, 0) is 6.54 Å². The second-order valence-electron chi connectivity index (χ2n) is 6.20. The van der Waals surface area contributed by atoms with E-state index in [1.165, 1.54) is 6.20 Å². The van der Waals surface area contributed by atoms with Gasteiger partial charge in [0.2, 0.25) is 0 Å². The summed E-state index contributed by atoms with van der Waals surface area (Å²) in [6.45, 7) is 0.343. The minimum absolute atomic E-state index is 0.212. The van der Waals surface area contributed by atoms with E-state index in [0.717, 1.165) is 22.5 Å². The Labute approximate surface area is 167 Å². The average Bonchev–Trinajstić information content (AvgIpc) is 3.17. The summed E-state index contributed by atoms with van der Waals surface area (Å²) in [6.07, 6.45) is 3.46. The summed E-state index contributed by atoms with van der Waals surface area (Å²) in [4.78, 5) is 16.4. The quantitative estimate of drug-likeness (QED) is 0.511. The molecule has 0 radical (unpaired) electrons. The molecule has 1 N–H and O–H groups in total. The third-order valence-electron chi connectivity index (χ3n) is 4.29. The minimum Gasteiger partial charge on any atom is -0.348 e. The van der Waals surface area contributed by atoms with Gasteiger partial charge in [0, 0.05) is 35.6 Å². The first kappa shape index (κ1) is 17.9. The van der Waals surface area contributed by atoms with Crippen LogP contribution >= 0.6 is 11.6 Å². The maximum atomic E-state index is 12.5.